The molecule has 28 heavy (non-hydrogen) atoms. The number of carboxylic acid groups (broad SMARTS) is 2. The molecule has 0 spiro atoms. The molecule has 0 amide bonds. The van der Waals surface area contributed by atoms with Gasteiger partial charge in [-0.25, -0.2) is 0 Å². The van der Waals surface area contributed by atoms with Gasteiger partial charge in [0, 0.05) is 47.6 Å². The van der Waals surface area contributed by atoms with Crippen LogP contribution in [0.25, 0.3) is 0 Å². The van der Waals surface area contributed by atoms with Crippen LogP contribution in [0.15, 0.2) is 0 Å². The van der Waals surface area contributed by atoms with E-state index in [9.17, 15) is 29.4 Å². The van der Waals surface area contributed by atoms with Gasteiger partial charge in [-0.15, -0.1) is 0 Å². The van der Waals surface area contributed by atoms with E-state index in [1.807, 2.05) is 0 Å². The Morgan fingerprint density at radius 1 is 0.857 bits per heavy atom. The predicted molar refractivity (Wildman–Crippen MR) is 83.4 cm³/mol. The molecule has 0 saturated carbocycles. The first-order chi connectivity index (χ1) is 12.0. The second-order valence-electron chi connectivity index (χ2n) is 6.01. The Labute approximate surface area is 207 Å². The van der Waals surface area contributed by atoms with E-state index in [4.69, 9.17) is 19.7 Å². The third-order valence-corrected chi connectivity index (χ3v) is 4.56. The molecule has 12 heteroatoms. The number of hydrogen-bond acceptors (Lipinski definition) is 8. The summed E-state index contributed by atoms with van der Waals surface area (Å²) in [5, 5.41) is 37.6. The minimum Gasteiger partial charge on any atom is -0.565 e. The first-order valence-electron chi connectivity index (χ1n) is 8.01. The summed E-state index contributed by atoms with van der Waals surface area (Å²) < 4.78 is 10.1. The molecule has 0 bridgehead atoms. The third kappa shape index (κ3) is 9.08. The van der Waals surface area contributed by atoms with Gasteiger partial charge >= 0.3 is 71.1 Å². The van der Waals surface area contributed by atoms with Crippen molar-refractivity contribution in [2.24, 2.45) is 23.7 Å². The predicted octanol–water partition coefficient (Wildman–Crippen LogP) is -9.69. The molecule has 0 aromatic rings. The molecule has 0 aliphatic heterocycles. The summed E-state index contributed by atoms with van der Waals surface area (Å²) in [5.74, 6) is -11.6. The molecule has 0 aromatic carbocycles. The van der Waals surface area contributed by atoms with Crippen molar-refractivity contribution in [1.82, 2.24) is 0 Å². The zero-order valence-corrected chi connectivity index (χ0v) is 21.1. The van der Waals surface area contributed by atoms with Crippen molar-refractivity contribution in [1.29, 1.82) is 0 Å². The third-order valence-electron chi connectivity index (χ3n) is 4.56. The minimum atomic E-state index is -1.71. The van der Waals surface area contributed by atoms with Gasteiger partial charge in [0.25, 0.3) is 0 Å². The maximum Gasteiger partial charge on any atom is 1.00 e. The van der Waals surface area contributed by atoms with Crippen molar-refractivity contribution in [3.05, 3.63) is 0 Å². The van der Waals surface area contributed by atoms with Gasteiger partial charge < -0.3 is 39.5 Å². The van der Waals surface area contributed by atoms with Crippen LogP contribution in [0.5, 0.6) is 0 Å². The summed E-state index contributed by atoms with van der Waals surface area (Å²) in [7, 11) is 2.36. The fraction of sp³-hybridized carbons (Fsp3) is 0.750. The molecule has 6 atom stereocenters. The van der Waals surface area contributed by atoms with Crippen LogP contribution in [-0.4, -0.2) is 60.5 Å². The fourth-order valence-corrected chi connectivity index (χ4v) is 3.05. The monoisotopic (exact) mass is 424 g/mol. The first-order valence-corrected chi connectivity index (χ1v) is 8.01. The number of aliphatic carboxylic acids is 2. The Kier molecular flexibility index (Phi) is 18.1. The van der Waals surface area contributed by atoms with Gasteiger partial charge in [-0.3, -0.25) is 0 Å². The minimum absolute atomic E-state index is 0. The van der Waals surface area contributed by atoms with Crippen LogP contribution >= 0.6 is 0 Å². The smallest absolute Gasteiger partial charge is 0.565 e. The molecule has 150 valence electrons. The molecule has 4 N–H and O–H groups in total. The van der Waals surface area contributed by atoms with Gasteiger partial charge in [-0.1, -0.05) is 6.92 Å². The molecule has 0 saturated heterocycles. The first kappa shape index (κ1) is 32.5. The molecular formula is C16H26Na2O10+2. The van der Waals surface area contributed by atoms with Gasteiger partial charge in [-0.05, 0) is 19.8 Å². The van der Waals surface area contributed by atoms with Gasteiger partial charge in [-0.2, -0.15) is 0 Å². The summed E-state index contributed by atoms with van der Waals surface area (Å²) in [6.07, 6.45) is -2.60. The van der Waals surface area contributed by atoms with E-state index in [0.717, 1.165) is 7.11 Å². The number of carbonyl (C=O) groups excluding carboxylic acids is 4. The zero-order chi connectivity index (χ0) is 20.6. The van der Waals surface area contributed by atoms with Crippen molar-refractivity contribution in [2.75, 3.05) is 14.2 Å². The van der Waals surface area contributed by atoms with Crippen LogP contribution in [0, 0.1) is 23.7 Å². The second-order valence-corrected chi connectivity index (χ2v) is 6.01. The molecule has 0 aliphatic carbocycles. The standard InChI is InChI=1S/C16H26O10.2Na/c1-5-9(25-3)12(16(23)24)8(14(19)20)6-10(26-4)11(15(21)22)7(2)13(17)18;;/h7-12H,5-6H2,1-4H3,(H,17,18)(H,19,20)(H,21,22)(H,23,24);;/q;2*+1. The summed E-state index contributed by atoms with van der Waals surface area (Å²) in [5.41, 5.74) is 0. The SMILES string of the molecule is CCC(OC)C(C(=O)[O-])C(CC(OC)C(C(=O)[OH2+])C(C)C(=O)[OH2+])C(=O)[O-].[Na+].[Na+]. The van der Waals surface area contributed by atoms with Crippen LogP contribution < -0.4 is 69.3 Å². The summed E-state index contributed by atoms with van der Waals surface area (Å²) >= 11 is 0. The van der Waals surface area contributed by atoms with Gasteiger partial charge in [0.05, 0.1) is 12.2 Å². The summed E-state index contributed by atoms with van der Waals surface area (Å²) in [4.78, 5) is 46.0. The van der Waals surface area contributed by atoms with E-state index in [1.165, 1.54) is 14.0 Å². The van der Waals surface area contributed by atoms with Crippen molar-refractivity contribution >= 4 is 23.9 Å². The summed E-state index contributed by atoms with van der Waals surface area (Å²) in [6, 6.07) is 0. The maximum atomic E-state index is 11.6. The van der Waals surface area contributed by atoms with Crippen LogP contribution in [0.2, 0.25) is 0 Å². The second kappa shape index (κ2) is 15.6. The van der Waals surface area contributed by atoms with Crippen LogP contribution in [0.3, 0.4) is 0 Å². The maximum absolute atomic E-state index is 11.6. The molecule has 6 unspecified atom stereocenters. The number of rotatable bonds is 13. The Morgan fingerprint density at radius 2 is 1.32 bits per heavy atom. The number of ether oxygens (including phenoxy) is 2. The molecule has 0 aromatic heterocycles. The van der Waals surface area contributed by atoms with E-state index < -0.39 is 66.2 Å². The van der Waals surface area contributed by atoms with E-state index >= 15 is 0 Å². The Balaban J connectivity index is -0.00000312. The van der Waals surface area contributed by atoms with Crippen LogP contribution in [0.1, 0.15) is 26.7 Å². The average molecular weight is 424 g/mol. The molecular weight excluding hydrogens is 398 g/mol. The average Bonchev–Trinajstić information content (AvgIpc) is 2.55. The number of methoxy groups -OCH3 is 2. The molecule has 0 radical (unpaired) electrons. The van der Waals surface area contributed by atoms with Crippen molar-refractivity contribution in [2.45, 2.75) is 38.9 Å². The van der Waals surface area contributed by atoms with Gasteiger partial charge in [0.2, 0.25) is 0 Å². The normalized spacial score (nSPS) is 16.9. The molecule has 0 fully saturated rings. The molecule has 10 nitrogen and oxygen atoms in total. The van der Waals surface area contributed by atoms with Crippen molar-refractivity contribution in [3.8, 4) is 0 Å². The van der Waals surface area contributed by atoms with Crippen LogP contribution in [-0.2, 0) is 28.7 Å². The van der Waals surface area contributed by atoms with E-state index in [1.54, 1.807) is 6.92 Å². The zero-order valence-electron chi connectivity index (χ0n) is 17.1. The molecule has 0 aliphatic rings. The number of carboxylic acids is 2. The quantitative estimate of drug-likeness (QED) is 0.206. The summed E-state index contributed by atoms with van der Waals surface area (Å²) in [6.45, 7) is 2.84. The van der Waals surface area contributed by atoms with E-state index in [-0.39, 0.29) is 65.5 Å². The fourth-order valence-electron chi connectivity index (χ4n) is 3.05. The Hall–Kier alpha value is -0.200. The van der Waals surface area contributed by atoms with E-state index in [2.05, 4.69) is 0 Å². The Morgan fingerprint density at radius 3 is 1.57 bits per heavy atom. The van der Waals surface area contributed by atoms with Crippen molar-refractivity contribution in [3.63, 3.8) is 0 Å². The van der Waals surface area contributed by atoms with E-state index in [0.29, 0.717) is 0 Å². The molecule has 0 rings (SSSR count). The van der Waals surface area contributed by atoms with Crippen molar-refractivity contribution < 1.29 is 108 Å². The number of carbonyl (C=O) groups is 4. The molecule has 0 heterocycles. The topological polar surface area (TPSA) is 179 Å². The largest absolute Gasteiger partial charge is 1.00 e. The number of hydrogen-bond donors (Lipinski definition) is 0. The van der Waals surface area contributed by atoms with Gasteiger partial charge in [0.1, 0.15) is 5.92 Å². The van der Waals surface area contributed by atoms with Gasteiger partial charge in [0.15, 0.2) is 5.92 Å². The Bertz CT molecular complexity index is 524. The van der Waals surface area contributed by atoms with Crippen LogP contribution in [0.4, 0.5) is 0 Å².